The van der Waals surface area contributed by atoms with E-state index in [0.717, 1.165) is 15.8 Å². The van der Waals surface area contributed by atoms with Crippen LogP contribution in [0.1, 0.15) is 11.1 Å². The van der Waals surface area contributed by atoms with Crippen molar-refractivity contribution in [3.8, 4) is 0 Å². The summed E-state index contributed by atoms with van der Waals surface area (Å²) in [5, 5.41) is 3.35. The van der Waals surface area contributed by atoms with E-state index in [4.69, 9.17) is 0 Å². The predicted molar refractivity (Wildman–Crippen MR) is 71.1 cm³/mol. The number of hydrogen-bond donors (Lipinski definition) is 1. The highest BCUT2D eigenvalue weighted by atomic mass is 79.9. The van der Waals surface area contributed by atoms with Crippen molar-refractivity contribution in [2.45, 2.75) is 13.8 Å². The minimum absolute atomic E-state index is 0.974. The summed E-state index contributed by atoms with van der Waals surface area (Å²) in [5.41, 5.74) is 4.61. The molecule has 1 heterocycles. The number of aryl methyl sites for hydroxylation is 2. The third-order valence-corrected chi connectivity index (χ3v) is 2.80. The van der Waals surface area contributed by atoms with Crippen molar-refractivity contribution in [3.63, 3.8) is 0 Å². The Kier molecular flexibility index (Phi) is 3.25. The molecule has 0 radical (unpaired) electrons. The van der Waals surface area contributed by atoms with Gasteiger partial charge in [0.05, 0.1) is 11.9 Å². The molecule has 2 rings (SSSR count). The fourth-order valence-corrected chi connectivity index (χ4v) is 1.95. The summed E-state index contributed by atoms with van der Waals surface area (Å²) < 4.78 is 0.974. The Balaban J connectivity index is 2.27. The molecule has 0 fully saturated rings. The maximum atomic E-state index is 4.12. The van der Waals surface area contributed by atoms with Gasteiger partial charge >= 0.3 is 0 Å². The van der Waals surface area contributed by atoms with Crippen molar-refractivity contribution in [3.05, 3.63) is 52.3 Å². The molecular weight excluding hydrogens is 264 g/mol. The average Bonchev–Trinajstić information content (AvgIpc) is 2.22. The summed E-state index contributed by atoms with van der Waals surface area (Å²) in [6.45, 7) is 4.19. The number of pyridine rings is 1. The summed E-state index contributed by atoms with van der Waals surface area (Å²) >= 11 is 3.40. The minimum Gasteiger partial charge on any atom is -0.354 e. The number of benzene rings is 1. The molecule has 2 nitrogen and oxygen atoms in total. The largest absolute Gasteiger partial charge is 0.354 e. The summed E-state index contributed by atoms with van der Waals surface area (Å²) in [4.78, 5) is 4.12. The van der Waals surface area contributed by atoms with Crippen molar-refractivity contribution in [1.29, 1.82) is 0 Å². The van der Waals surface area contributed by atoms with E-state index in [9.17, 15) is 0 Å². The lowest BCUT2D eigenvalue weighted by atomic mass is 10.1. The molecule has 0 amide bonds. The van der Waals surface area contributed by atoms with Crippen LogP contribution in [0.2, 0.25) is 0 Å². The molecule has 1 aromatic heterocycles. The highest BCUT2D eigenvalue weighted by molar-refractivity contribution is 9.10. The molecular formula is C13H13BrN2. The smallest absolute Gasteiger partial charge is 0.0582 e. The molecule has 0 unspecified atom stereocenters. The molecule has 0 saturated carbocycles. The third-order valence-electron chi connectivity index (χ3n) is 2.37. The second-order valence-electron chi connectivity index (χ2n) is 3.84. The first kappa shape index (κ1) is 11.1. The predicted octanol–water partition coefficient (Wildman–Crippen LogP) is 4.20. The van der Waals surface area contributed by atoms with E-state index < -0.39 is 0 Å². The lowest BCUT2D eigenvalue weighted by molar-refractivity contribution is 1.29. The SMILES string of the molecule is Cc1ccc(Nc2cncc(Br)c2)c(C)c1. The maximum absolute atomic E-state index is 4.12. The Bertz CT molecular complexity index is 509. The minimum atomic E-state index is 0.974. The zero-order valence-electron chi connectivity index (χ0n) is 9.29. The van der Waals surface area contributed by atoms with Gasteiger partial charge in [0.2, 0.25) is 0 Å². The van der Waals surface area contributed by atoms with Gasteiger partial charge in [0.1, 0.15) is 0 Å². The van der Waals surface area contributed by atoms with E-state index in [-0.39, 0.29) is 0 Å². The molecule has 1 aromatic carbocycles. The van der Waals surface area contributed by atoms with Gasteiger partial charge in [-0.25, -0.2) is 0 Å². The summed E-state index contributed by atoms with van der Waals surface area (Å²) in [7, 11) is 0. The molecule has 82 valence electrons. The van der Waals surface area contributed by atoms with E-state index in [1.807, 2.05) is 12.3 Å². The first-order valence-electron chi connectivity index (χ1n) is 5.10. The maximum Gasteiger partial charge on any atom is 0.0582 e. The average molecular weight is 277 g/mol. The number of nitrogens with zero attached hydrogens (tertiary/aromatic N) is 1. The molecule has 1 N–H and O–H groups in total. The second kappa shape index (κ2) is 4.66. The van der Waals surface area contributed by atoms with Crippen molar-refractivity contribution in [1.82, 2.24) is 4.98 Å². The first-order valence-corrected chi connectivity index (χ1v) is 5.89. The van der Waals surface area contributed by atoms with Gasteiger partial charge in [-0.1, -0.05) is 17.7 Å². The fraction of sp³-hybridized carbons (Fsp3) is 0.154. The van der Waals surface area contributed by atoms with Gasteiger partial charge in [0, 0.05) is 16.4 Å². The molecule has 0 aliphatic heterocycles. The zero-order valence-corrected chi connectivity index (χ0v) is 10.9. The Labute approximate surface area is 104 Å². The second-order valence-corrected chi connectivity index (χ2v) is 4.75. The van der Waals surface area contributed by atoms with Crippen LogP contribution in [0.3, 0.4) is 0 Å². The van der Waals surface area contributed by atoms with Crippen LogP contribution < -0.4 is 5.32 Å². The van der Waals surface area contributed by atoms with Crippen molar-refractivity contribution >= 4 is 27.3 Å². The van der Waals surface area contributed by atoms with Gasteiger partial charge in [-0.2, -0.15) is 0 Å². The van der Waals surface area contributed by atoms with Gasteiger partial charge < -0.3 is 5.32 Å². The molecule has 16 heavy (non-hydrogen) atoms. The Morgan fingerprint density at radius 3 is 2.62 bits per heavy atom. The van der Waals surface area contributed by atoms with Crippen molar-refractivity contribution in [2.75, 3.05) is 5.32 Å². The first-order chi connectivity index (χ1) is 7.65. The van der Waals surface area contributed by atoms with Gasteiger partial charge in [0.15, 0.2) is 0 Å². The topological polar surface area (TPSA) is 24.9 Å². The third kappa shape index (κ3) is 2.61. The number of rotatable bonds is 2. The molecule has 0 bridgehead atoms. The quantitative estimate of drug-likeness (QED) is 0.889. The lowest BCUT2D eigenvalue weighted by Crippen LogP contribution is -1.94. The van der Waals surface area contributed by atoms with E-state index in [1.54, 1.807) is 6.20 Å². The van der Waals surface area contributed by atoms with Crippen LogP contribution in [0.4, 0.5) is 11.4 Å². The summed E-state index contributed by atoms with van der Waals surface area (Å²) in [6.07, 6.45) is 3.58. The molecule has 0 saturated heterocycles. The Morgan fingerprint density at radius 2 is 1.94 bits per heavy atom. The molecule has 2 aromatic rings. The van der Waals surface area contributed by atoms with Crippen LogP contribution in [0.5, 0.6) is 0 Å². The van der Waals surface area contributed by atoms with Gasteiger partial charge in [0.25, 0.3) is 0 Å². The van der Waals surface area contributed by atoms with Crippen LogP contribution in [0.15, 0.2) is 41.1 Å². The Hall–Kier alpha value is -1.35. The monoisotopic (exact) mass is 276 g/mol. The molecule has 0 aliphatic carbocycles. The molecule has 0 aliphatic rings. The van der Waals surface area contributed by atoms with Crippen LogP contribution in [-0.4, -0.2) is 4.98 Å². The number of aromatic nitrogens is 1. The normalized spacial score (nSPS) is 10.2. The van der Waals surface area contributed by atoms with Crippen molar-refractivity contribution < 1.29 is 0 Å². The van der Waals surface area contributed by atoms with E-state index in [0.29, 0.717) is 0 Å². The fourth-order valence-electron chi connectivity index (χ4n) is 1.59. The summed E-state index contributed by atoms with van der Waals surface area (Å²) in [6, 6.07) is 8.35. The number of hydrogen-bond acceptors (Lipinski definition) is 2. The van der Waals surface area contributed by atoms with Crippen LogP contribution >= 0.6 is 15.9 Å². The van der Waals surface area contributed by atoms with Gasteiger partial charge in [-0.15, -0.1) is 0 Å². The Morgan fingerprint density at radius 1 is 1.12 bits per heavy atom. The standard InChI is InChI=1S/C13H13BrN2/c1-9-3-4-13(10(2)5-9)16-12-6-11(14)7-15-8-12/h3-8,16H,1-2H3. The zero-order chi connectivity index (χ0) is 11.5. The lowest BCUT2D eigenvalue weighted by Gasteiger charge is -2.10. The number of nitrogens with one attached hydrogen (secondary N) is 1. The van der Waals surface area contributed by atoms with Gasteiger partial charge in [-0.05, 0) is 47.5 Å². The van der Waals surface area contributed by atoms with Crippen molar-refractivity contribution in [2.24, 2.45) is 0 Å². The van der Waals surface area contributed by atoms with E-state index >= 15 is 0 Å². The van der Waals surface area contributed by atoms with Gasteiger partial charge in [-0.3, -0.25) is 4.98 Å². The van der Waals surface area contributed by atoms with E-state index in [1.165, 1.54) is 11.1 Å². The number of halogens is 1. The molecule has 0 atom stereocenters. The van der Waals surface area contributed by atoms with Crippen LogP contribution in [-0.2, 0) is 0 Å². The van der Waals surface area contributed by atoms with Crippen LogP contribution in [0, 0.1) is 13.8 Å². The highest BCUT2D eigenvalue weighted by Gasteiger charge is 1.99. The van der Waals surface area contributed by atoms with Crippen LogP contribution in [0.25, 0.3) is 0 Å². The molecule has 0 spiro atoms. The highest BCUT2D eigenvalue weighted by Crippen LogP contribution is 2.22. The van der Waals surface area contributed by atoms with E-state index in [2.05, 4.69) is 58.3 Å². The summed E-state index contributed by atoms with van der Waals surface area (Å²) in [5.74, 6) is 0. The number of anilines is 2. The molecule has 3 heteroatoms.